The van der Waals surface area contributed by atoms with Gasteiger partial charge in [0.25, 0.3) is 0 Å². The summed E-state index contributed by atoms with van der Waals surface area (Å²) in [5, 5.41) is 6.35. The number of benzene rings is 1. The van der Waals surface area contributed by atoms with Crippen molar-refractivity contribution in [2.24, 2.45) is 0 Å². The molecule has 0 spiro atoms. The topological polar surface area (TPSA) is 44.4 Å². The van der Waals surface area contributed by atoms with E-state index < -0.39 is 0 Å². The molecule has 2 rings (SSSR count). The molecule has 1 aromatic rings. The van der Waals surface area contributed by atoms with Gasteiger partial charge in [0.2, 0.25) is 5.91 Å². The minimum Gasteiger partial charge on any atom is -0.324 e. The van der Waals surface area contributed by atoms with Crippen LogP contribution in [0.25, 0.3) is 0 Å². The van der Waals surface area contributed by atoms with Crippen LogP contribution in [0.1, 0.15) is 18.1 Å². The third kappa shape index (κ3) is 3.55. The lowest BCUT2D eigenvalue weighted by Crippen LogP contribution is -2.51. The van der Waals surface area contributed by atoms with Crippen LogP contribution in [0.4, 0.5) is 5.69 Å². The average Bonchev–Trinajstić information content (AvgIpc) is 2.43. The van der Waals surface area contributed by atoms with E-state index in [1.165, 1.54) is 0 Å². The number of piperazine rings is 1. The van der Waals surface area contributed by atoms with Gasteiger partial charge in [0.15, 0.2) is 0 Å². The molecule has 1 atom stereocenters. The van der Waals surface area contributed by atoms with Gasteiger partial charge in [-0.1, -0.05) is 12.1 Å². The van der Waals surface area contributed by atoms with Crippen LogP contribution in [0.3, 0.4) is 0 Å². The van der Waals surface area contributed by atoms with E-state index in [4.69, 9.17) is 0 Å². The molecular formula is C15H23N3O. The zero-order valence-corrected chi connectivity index (χ0v) is 12.0. The Balaban J connectivity index is 2.01. The van der Waals surface area contributed by atoms with Gasteiger partial charge < -0.3 is 10.6 Å². The van der Waals surface area contributed by atoms with Gasteiger partial charge in [0.1, 0.15) is 0 Å². The molecule has 104 valence electrons. The van der Waals surface area contributed by atoms with Gasteiger partial charge in [0, 0.05) is 31.9 Å². The molecule has 0 aliphatic carbocycles. The maximum atomic E-state index is 12.3. The largest absolute Gasteiger partial charge is 0.324 e. The Morgan fingerprint density at radius 2 is 2.00 bits per heavy atom. The number of aryl methyl sites for hydroxylation is 2. The minimum absolute atomic E-state index is 0.0793. The number of hydrogen-bond acceptors (Lipinski definition) is 3. The first kappa shape index (κ1) is 14.0. The molecule has 4 heteroatoms. The number of rotatable bonds is 3. The van der Waals surface area contributed by atoms with Crippen LogP contribution in [0.5, 0.6) is 0 Å². The zero-order chi connectivity index (χ0) is 13.8. The summed E-state index contributed by atoms with van der Waals surface area (Å²) in [7, 11) is 0. The lowest BCUT2D eigenvalue weighted by Gasteiger charge is -2.32. The van der Waals surface area contributed by atoms with Crippen LogP contribution in [0, 0.1) is 13.8 Å². The predicted molar refractivity (Wildman–Crippen MR) is 78.5 cm³/mol. The number of carbonyl (C=O) groups is 1. The number of nitrogens with one attached hydrogen (secondary N) is 2. The summed E-state index contributed by atoms with van der Waals surface area (Å²) in [6.07, 6.45) is 0. The van der Waals surface area contributed by atoms with Gasteiger partial charge in [-0.3, -0.25) is 9.69 Å². The zero-order valence-electron chi connectivity index (χ0n) is 12.0. The van der Waals surface area contributed by atoms with Crippen LogP contribution in [0.2, 0.25) is 0 Å². The average molecular weight is 261 g/mol. The Morgan fingerprint density at radius 3 is 2.68 bits per heavy atom. The first-order valence-electron chi connectivity index (χ1n) is 6.91. The molecule has 1 saturated heterocycles. The summed E-state index contributed by atoms with van der Waals surface area (Å²) >= 11 is 0. The molecule has 4 nitrogen and oxygen atoms in total. The number of anilines is 1. The lowest BCUT2D eigenvalue weighted by molar-refractivity contribution is -0.120. The fourth-order valence-electron chi connectivity index (χ4n) is 2.34. The molecule has 1 aliphatic rings. The van der Waals surface area contributed by atoms with E-state index >= 15 is 0 Å². The highest BCUT2D eigenvalue weighted by molar-refractivity contribution is 5.95. The van der Waals surface area contributed by atoms with Crippen molar-refractivity contribution >= 4 is 11.6 Å². The van der Waals surface area contributed by atoms with Gasteiger partial charge in [-0.2, -0.15) is 0 Å². The molecule has 1 aromatic carbocycles. The summed E-state index contributed by atoms with van der Waals surface area (Å²) in [6.45, 7) is 9.82. The second-order valence-corrected chi connectivity index (χ2v) is 5.27. The highest BCUT2D eigenvalue weighted by Crippen LogP contribution is 2.17. The summed E-state index contributed by atoms with van der Waals surface area (Å²) < 4.78 is 0. The Bertz CT molecular complexity index is 453. The molecule has 0 radical (unpaired) electrons. The highest BCUT2D eigenvalue weighted by Gasteiger charge is 2.22. The smallest absolute Gasteiger partial charge is 0.241 e. The molecular weight excluding hydrogens is 238 g/mol. The standard InChI is InChI=1S/C15H23N3O/c1-11-4-5-12(2)14(10-11)17-15(19)13(3)18-8-6-16-7-9-18/h4-5,10,13,16H,6-9H2,1-3H3,(H,17,19). The van der Waals surface area contributed by atoms with Crippen molar-refractivity contribution in [3.05, 3.63) is 29.3 Å². The third-order valence-corrected chi connectivity index (χ3v) is 3.73. The van der Waals surface area contributed by atoms with E-state index in [0.29, 0.717) is 0 Å². The number of carbonyl (C=O) groups excluding carboxylic acids is 1. The monoisotopic (exact) mass is 261 g/mol. The third-order valence-electron chi connectivity index (χ3n) is 3.73. The molecule has 0 bridgehead atoms. The van der Waals surface area contributed by atoms with Crippen molar-refractivity contribution in [3.8, 4) is 0 Å². The molecule has 2 N–H and O–H groups in total. The molecule has 0 aromatic heterocycles. The summed E-state index contributed by atoms with van der Waals surface area (Å²) in [5.41, 5.74) is 3.19. The van der Waals surface area contributed by atoms with Gasteiger partial charge in [-0.25, -0.2) is 0 Å². The molecule has 0 saturated carbocycles. The van der Waals surface area contributed by atoms with Gasteiger partial charge >= 0.3 is 0 Å². The number of nitrogens with zero attached hydrogens (tertiary/aromatic N) is 1. The van der Waals surface area contributed by atoms with Crippen molar-refractivity contribution in [3.63, 3.8) is 0 Å². The molecule has 19 heavy (non-hydrogen) atoms. The predicted octanol–water partition coefficient (Wildman–Crippen LogP) is 1.54. The van der Waals surface area contributed by atoms with Crippen LogP contribution in [0.15, 0.2) is 18.2 Å². The van der Waals surface area contributed by atoms with E-state index in [1.54, 1.807) is 0 Å². The Hall–Kier alpha value is -1.39. The van der Waals surface area contributed by atoms with E-state index in [1.807, 2.05) is 32.9 Å². The molecule has 1 aliphatic heterocycles. The van der Waals surface area contributed by atoms with E-state index in [9.17, 15) is 4.79 Å². The minimum atomic E-state index is -0.0815. The van der Waals surface area contributed by atoms with E-state index in [2.05, 4.69) is 21.6 Å². The Kier molecular flexibility index (Phi) is 4.56. The van der Waals surface area contributed by atoms with Gasteiger partial charge in [-0.05, 0) is 38.0 Å². The van der Waals surface area contributed by atoms with E-state index in [0.717, 1.165) is 43.0 Å². The fraction of sp³-hybridized carbons (Fsp3) is 0.533. The summed E-state index contributed by atoms with van der Waals surface area (Å²) in [4.78, 5) is 14.5. The highest BCUT2D eigenvalue weighted by atomic mass is 16.2. The molecule has 1 unspecified atom stereocenters. The SMILES string of the molecule is Cc1ccc(C)c(NC(=O)C(C)N2CCNCC2)c1. The van der Waals surface area contributed by atoms with Gasteiger partial charge in [0.05, 0.1) is 6.04 Å². The second-order valence-electron chi connectivity index (χ2n) is 5.27. The number of hydrogen-bond donors (Lipinski definition) is 2. The second kappa shape index (κ2) is 6.17. The first-order chi connectivity index (χ1) is 9.08. The van der Waals surface area contributed by atoms with E-state index in [-0.39, 0.29) is 11.9 Å². The molecule has 1 heterocycles. The first-order valence-corrected chi connectivity index (χ1v) is 6.91. The van der Waals surface area contributed by atoms with Crippen LogP contribution in [-0.2, 0) is 4.79 Å². The normalized spacial score (nSPS) is 18.1. The fourth-order valence-corrected chi connectivity index (χ4v) is 2.34. The van der Waals surface area contributed by atoms with Crippen LogP contribution < -0.4 is 10.6 Å². The van der Waals surface area contributed by atoms with Crippen molar-refractivity contribution < 1.29 is 4.79 Å². The maximum absolute atomic E-state index is 12.3. The van der Waals surface area contributed by atoms with Crippen LogP contribution in [-0.4, -0.2) is 43.0 Å². The number of amides is 1. The van der Waals surface area contributed by atoms with Crippen molar-refractivity contribution in [1.82, 2.24) is 10.2 Å². The van der Waals surface area contributed by atoms with Crippen molar-refractivity contribution in [1.29, 1.82) is 0 Å². The maximum Gasteiger partial charge on any atom is 0.241 e. The van der Waals surface area contributed by atoms with Crippen molar-refractivity contribution in [2.75, 3.05) is 31.5 Å². The summed E-state index contributed by atoms with van der Waals surface area (Å²) in [6, 6.07) is 6.05. The van der Waals surface area contributed by atoms with Crippen LogP contribution >= 0.6 is 0 Å². The molecule has 1 amide bonds. The van der Waals surface area contributed by atoms with Crippen molar-refractivity contribution in [2.45, 2.75) is 26.8 Å². The Morgan fingerprint density at radius 1 is 1.32 bits per heavy atom. The van der Waals surface area contributed by atoms with Gasteiger partial charge in [-0.15, -0.1) is 0 Å². The summed E-state index contributed by atoms with van der Waals surface area (Å²) in [5.74, 6) is 0.0793. The molecule has 1 fully saturated rings. The quantitative estimate of drug-likeness (QED) is 0.867. The Labute approximate surface area is 115 Å². The lowest BCUT2D eigenvalue weighted by atomic mass is 10.1.